The third-order valence-electron chi connectivity index (χ3n) is 2.35. The SMILES string of the molecule is O=C(Nc1cccc(Br)c1)NC1CCOC1. The summed E-state index contributed by atoms with van der Waals surface area (Å²) in [6.07, 6.45) is 0.881. The minimum Gasteiger partial charge on any atom is -0.379 e. The summed E-state index contributed by atoms with van der Waals surface area (Å²) in [5.74, 6) is 0. The smallest absolute Gasteiger partial charge is 0.319 e. The molecule has 5 heteroatoms. The number of carbonyl (C=O) groups excluding carboxylic acids is 1. The number of nitrogens with one attached hydrogen (secondary N) is 2. The van der Waals surface area contributed by atoms with Gasteiger partial charge in [0.2, 0.25) is 0 Å². The maximum Gasteiger partial charge on any atom is 0.319 e. The first-order chi connectivity index (χ1) is 7.74. The molecule has 16 heavy (non-hydrogen) atoms. The zero-order chi connectivity index (χ0) is 11.4. The highest BCUT2D eigenvalue weighted by Gasteiger charge is 2.17. The monoisotopic (exact) mass is 284 g/mol. The number of benzene rings is 1. The molecule has 0 saturated carbocycles. The number of ether oxygens (including phenoxy) is 1. The van der Waals surface area contributed by atoms with Crippen LogP contribution in [0.1, 0.15) is 6.42 Å². The summed E-state index contributed by atoms with van der Waals surface area (Å²) in [6, 6.07) is 7.42. The van der Waals surface area contributed by atoms with E-state index in [9.17, 15) is 4.79 Å². The van der Waals surface area contributed by atoms with E-state index in [1.54, 1.807) is 0 Å². The van der Waals surface area contributed by atoms with E-state index in [1.165, 1.54) is 0 Å². The molecule has 0 aliphatic carbocycles. The lowest BCUT2D eigenvalue weighted by Gasteiger charge is -2.11. The van der Waals surface area contributed by atoms with Gasteiger partial charge in [0.25, 0.3) is 0 Å². The van der Waals surface area contributed by atoms with E-state index in [-0.39, 0.29) is 12.1 Å². The van der Waals surface area contributed by atoms with Crippen molar-refractivity contribution in [2.75, 3.05) is 18.5 Å². The van der Waals surface area contributed by atoms with Crippen molar-refractivity contribution >= 4 is 27.6 Å². The van der Waals surface area contributed by atoms with Crippen molar-refractivity contribution in [3.8, 4) is 0 Å². The molecule has 0 spiro atoms. The van der Waals surface area contributed by atoms with E-state index in [2.05, 4.69) is 26.6 Å². The van der Waals surface area contributed by atoms with Crippen molar-refractivity contribution in [1.82, 2.24) is 5.32 Å². The van der Waals surface area contributed by atoms with Crippen LogP contribution in [-0.4, -0.2) is 25.3 Å². The third-order valence-corrected chi connectivity index (χ3v) is 2.84. The van der Waals surface area contributed by atoms with Crippen molar-refractivity contribution in [2.45, 2.75) is 12.5 Å². The summed E-state index contributed by atoms with van der Waals surface area (Å²) >= 11 is 3.35. The van der Waals surface area contributed by atoms with Crippen molar-refractivity contribution < 1.29 is 9.53 Å². The van der Waals surface area contributed by atoms with Gasteiger partial charge in [-0.05, 0) is 24.6 Å². The first-order valence-corrected chi connectivity index (χ1v) is 5.94. The van der Waals surface area contributed by atoms with E-state index >= 15 is 0 Å². The van der Waals surface area contributed by atoms with Gasteiger partial charge in [0, 0.05) is 16.8 Å². The summed E-state index contributed by atoms with van der Waals surface area (Å²) in [6.45, 7) is 1.33. The molecule has 0 aromatic heterocycles. The number of amides is 2. The first-order valence-electron chi connectivity index (χ1n) is 5.15. The van der Waals surface area contributed by atoms with Crippen LogP contribution < -0.4 is 10.6 Å². The van der Waals surface area contributed by atoms with E-state index in [4.69, 9.17) is 4.74 Å². The Kier molecular flexibility index (Phi) is 3.79. The fraction of sp³-hybridized carbons (Fsp3) is 0.364. The molecule has 4 nitrogen and oxygen atoms in total. The summed E-state index contributed by atoms with van der Waals surface area (Å²) in [4.78, 5) is 11.6. The van der Waals surface area contributed by atoms with E-state index in [0.717, 1.165) is 23.2 Å². The third kappa shape index (κ3) is 3.21. The van der Waals surface area contributed by atoms with E-state index in [1.807, 2.05) is 24.3 Å². The number of anilines is 1. The van der Waals surface area contributed by atoms with Crippen molar-refractivity contribution in [3.05, 3.63) is 28.7 Å². The molecule has 2 amide bonds. The summed E-state index contributed by atoms with van der Waals surface area (Å²) < 4.78 is 6.12. The number of rotatable bonds is 2. The molecule has 2 rings (SSSR count). The number of hydrogen-bond donors (Lipinski definition) is 2. The fourth-order valence-electron chi connectivity index (χ4n) is 1.57. The second kappa shape index (κ2) is 5.32. The van der Waals surface area contributed by atoms with Crippen LogP contribution in [0.4, 0.5) is 10.5 Å². The molecular weight excluding hydrogens is 272 g/mol. The molecule has 0 bridgehead atoms. The molecule has 1 atom stereocenters. The number of urea groups is 1. The van der Waals surface area contributed by atoms with Gasteiger partial charge in [-0.25, -0.2) is 4.79 Å². The van der Waals surface area contributed by atoms with Crippen LogP contribution in [0.3, 0.4) is 0 Å². The minimum atomic E-state index is -0.186. The Morgan fingerprint density at radius 1 is 1.50 bits per heavy atom. The molecular formula is C11H13BrN2O2. The van der Waals surface area contributed by atoms with Crippen molar-refractivity contribution in [2.24, 2.45) is 0 Å². The second-order valence-corrected chi connectivity index (χ2v) is 4.58. The molecule has 0 radical (unpaired) electrons. The quantitative estimate of drug-likeness (QED) is 0.876. The zero-order valence-electron chi connectivity index (χ0n) is 8.70. The minimum absolute atomic E-state index is 0.132. The highest BCUT2D eigenvalue weighted by atomic mass is 79.9. The zero-order valence-corrected chi connectivity index (χ0v) is 10.3. The van der Waals surface area contributed by atoms with Gasteiger partial charge in [-0.3, -0.25) is 0 Å². The van der Waals surface area contributed by atoms with Crippen molar-refractivity contribution in [3.63, 3.8) is 0 Å². The van der Waals surface area contributed by atoms with Crippen LogP contribution in [0, 0.1) is 0 Å². The van der Waals surface area contributed by atoms with Crippen LogP contribution in [0.5, 0.6) is 0 Å². The summed E-state index contributed by atoms with van der Waals surface area (Å²) in [7, 11) is 0. The van der Waals surface area contributed by atoms with Gasteiger partial charge < -0.3 is 15.4 Å². The molecule has 1 aliphatic rings. The fourth-order valence-corrected chi connectivity index (χ4v) is 1.97. The highest BCUT2D eigenvalue weighted by molar-refractivity contribution is 9.10. The van der Waals surface area contributed by atoms with Gasteiger partial charge in [-0.1, -0.05) is 22.0 Å². The summed E-state index contributed by atoms with van der Waals surface area (Å²) in [5, 5.41) is 5.63. The molecule has 1 heterocycles. The maximum absolute atomic E-state index is 11.6. The van der Waals surface area contributed by atoms with Gasteiger partial charge in [-0.15, -0.1) is 0 Å². The molecule has 1 aromatic carbocycles. The highest BCUT2D eigenvalue weighted by Crippen LogP contribution is 2.15. The summed E-state index contributed by atoms with van der Waals surface area (Å²) in [5.41, 5.74) is 0.769. The van der Waals surface area contributed by atoms with E-state index < -0.39 is 0 Å². The van der Waals surface area contributed by atoms with Crippen LogP contribution in [0.2, 0.25) is 0 Å². The Morgan fingerprint density at radius 3 is 3.06 bits per heavy atom. The van der Waals surface area contributed by atoms with Crippen LogP contribution >= 0.6 is 15.9 Å². The topological polar surface area (TPSA) is 50.4 Å². The number of hydrogen-bond acceptors (Lipinski definition) is 2. The molecule has 1 saturated heterocycles. The molecule has 1 unspecified atom stereocenters. The Hall–Kier alpha value is -1.07. The Morgan fingerprint density at radius 2 is 2.38 bits per heavy atom. The molecule has 1 aromatic rings. The standard InChI is InChI=1S/C11H13BrN2O2/c12-8-2-1-3-9(6-8)13-11(15)14-10-4-5-16-7-10/h1-3,6,10H,4-5,7H2,(H2,13,14,15). The predicted molar refractivity (Wildman–Crippen MR) is 65.5 cm³/mol. The molecule has 86 valence electrons. The number of halogens is 1. The van der Waals surface area contributed by atoms with Crippen LogP contribution in [-0.2, 0) is 4.74 Å². The average molecular weight is 285 g/mol. The predicted octanol–water partition coefficient (Wildman–Crippen LogP) is 2.36. The van der Waals surface area contributed by atoms with Gasteiger partial charge in [0.05, 0.1) is 12.6 Å². The van der Waals surface area contributed by atoms with Gasteiger partial charge in [-0.2, -0.15) is 0 Å². The Labute approximate surface area is 102 Å². The Bertz CT molecular complexity index is 378. The lowest BCUT2D eigenvalue weighted by Crippen LogP contribution is -2.38. The maximum atomic E-state index is 11.6. The normalized spacial score (nSPS) is 19.4. The van der Waals surface area contributed by atoms with Gasteiger partial charge in [0.15, 0.2) is 0 Å². The Balaban J connectivity index is 1.86. The second-order valence-electron chi connectivity index (χ2n) is 3.67. The molecule has 1 aliphatic heterocycles. The molecule has 1 fully saturated rings. The van der Waals surface area contributed by atoms with Crippen LogP contribution in [0.25, 0.3) is 0 Å². The largest absolute Gasteiger partial charge is 0.379 e. The van der Waals surface area contributed by atoms with Crippen LogP contribution in [0.15, 0.2) is 28.7 Å². The average Bonchev–Trinajstić information content (AvgIpc) is 2.70. The molecule has 2 N–H and O–H groups in total. The van der Waals surface area contributed by atoms with Gasteiger partial charge >= 0.3 is 6.03 Å². The van der Waals surface area contributed by atoms with Crippen molar-refractivity contribution in [1.29, 1.82) is 0 Å². The van der Waals surface area contributed by atoms with E-state index in [0.29, 0.717) is 6.61 Å². The lowest BCUT2D eigenvalue weighted by atomic mass is 10.3. The number of carbonyl (C=O) groups is 1. The first kappa shape index (κ1) is 11.4. The lowest BCUT2D eigenvalue weighted by molar-refractivity contribution is 0.189. The van der Waals surface area contributed by atoms with Gasteiger partial charge in [0.1, 0.15) is 0 Å².